The van der Waals surface area contributed by atoms with Gasteiger partial charge in [0.1, 0.15) is 5.78 Å². The van der Waals surface area contributed by atoms with Crippen LogP contribution in [0.2, 0.25) is 0 Å². The zero-order valence-corrected chi connectivity index (χ0v) is 7.02. The second-order valence-electron chi connectivity index (χ2n) is 2.33. The summed E-state index contributed by atoms with van der Waals surface area (Å²) in [5, 5.41) is 0. The van der Waals surface area contributed by atoms with E-state index < -0.39 is 6.04 Å². The quantitative estimate of drug-likeness (QED) is 0.580. The molecule has 1 unspecified atom stereocenters. The Morgan fingerprint density at radius 2 is 1.78 bits per heavy atom. The molecule has 0 heterocycles. The van der Waals surface area contributed by atoms with Crippen LogP contribution in [-0.4, -0.2) is 11.8 Å². The van der Waals surface area contributed by atoms with Crippen molar-refractivity contribution in [2.75, 3.05) is 0 Å². The van der Waals surface area contributed by atoms with Gasteiger partial charge in [-0.2, -0.15) is 0 Å². The molecule has 0 radical (unpaired) electrons. The number of carbonyl (C=O) groups excluding carboxylic acids is 1. The minimum atomic E-state index is -0.519. The number of hydrogen-bond donors (Lipinski definition) is 0. The summed E-state index contributed by atoms with van der Waals surface area (Å²) in [4.78, 5) is 10.4. The van der Waals surface area contributed by atoms with E-state index in [0.29, 0.717) is 0 Å². The van der Waals surface area contributed by atoms with Crippen LogP contribution >= 0.6 is 0 Å². The molecule has 0 fully saturated rings. The number of nitrogens with one attached hydrogen (secondary N) is 1. The average molecular weight is 170 g/mol. The summed E-state index contributed by atoms with van der Waals surface area (Å²) in [6, 6.07) is -0.519. The number of hydrogen-bond acceptors (Lipinski definition) is 1. The SMILES string of the molecule is CC(=O)C([NH-])C(C)C.[Fe]. The molecule has 0 aliphatic rings. The van der Waals surface area contributed by atoms with Crippen LogP contribution in [0.5, 0.6) is 0 Å². The molecule has 0 aromatic heterocycles. The van der Waals surface area contributed by atoms with Gasteiger partial charge in [0.05, 0.1) is 0 Å². The number of carbonyl (C=O) groups is 1. The number of rotatable bonds is 2. The minimum absolute atomic E-state index is 0. The Hall–Kier alpha value is 0.149. The van der Waals surface area contributed by atoms with Gasteiger partial charge in [-0.25, -0.2) is 0 Å². The Morgan fingerprint density at radius 3 is 1.78 bits per heavy atom. The van der Waals surface area contributed by atoms with Crippen LogP contribution in [0.3, 0.4) is 0 Å². The van der Waals surface area contributed by atoms with E-state index >= 15 is 0 Å². The second-order valence-corrected chi connectivity index (χ2v) is 2.33. The largest absolute Gasteiger partial charge is 0.668 e. The van der Waals surface area contributed by atoms with Crippen LogP contribution in [0.25, 0.3) is 5.73 Å². The Balaban J connectivity index is 0. The maximum atomic E-state index is 10.4. The van der Waals surface area contributed by atoms with E-state index in [1.165, 1.54) is 6.92 Å². The van der Waals surface area contributed by atoms with Crippen molar-refractivity contribution < 1.29 is 21.9 Å². The van der Waals surface area contributed by atoms with Crippen molar-refractivity contribution in [2.45, 2.75) is 26.8 Å². The first-order valence-corrected chi connectivity index (χ1v) is 2.77. The van der Waals surface area contributed by atoms with Crippen LogP contribution in [0.4, 0.5) is 0 Å². The Morgan fingerprint density at radius 1 is 1.44 bits per heavy atom. The third-order valence-corrected chi connectivity index (χ3v) is 1.10. The normalized spacial score (nSPS) is 12.6. The summed E-state index contributed by atoms with van der Waals surface area (Å²) >= 11 is 0. The molecule has 1 atom stereocenters. The molecule has 9 heavy (non-hydrogen) atoms. The van der Waals surface area contributed by atoms with Crippen LogP contribution in [0.1, 0.15) is 20.8 Å². The van der Waals surface area contributed by atoms with Crippen LogP contribution < -0.4 is 0 Å². The molecule has 0 saturated carbocycles. The molecule has 0 amide bonds. The molecule has 56 valence electrons. The molecule has 0 spiro atoms. The Bertz CT molecular complexity index is 93.1. The molecule has 2 nitrogen and oxygen atoms in total. The average Bonchev–Trinajstić information content (AvgIpc) is 1.64. The summed E-state index contributed by atoms with van der Waals surface area (Å²) in [5.74, 6) is 0.118. The first-order valence-electron chi connectivity index (χ1n) is 2.77. The summed E-state index contributed by atoms with van der Waals surface area (Å²) in [6.45, 7) is 5.20. The van der Waals surface area contributed by atoms with Gasteiger partial charge < -0.3 is 10.5 Å². The molecule has 0 aromatic rings. The van der Waals surface area contributed by atoms with Crippen LogP contribution in [0, 0.1) is 5.92 Å². The van der Waals surface area contributed by atoms with E-state index in [-0.39, 0.29) is 28.8 Å². The summed E-state index contributed by atoms with van der Waals surface area (Å²) in [6.07, 6.45) is 0. The first-order chi connectivity index (χ1) is 3.55. The monoisotopic (exact) mass is 170 g/mol. The fraction of sp³-hybridized carbons (Fsp3) is 0.833. The fourth-order valence-corrected chi connectivity index (χ4v) is 0.469. The molecule has 0 bridgehead atoms. The third-order valence-electron chi connectivity index (χ3n) is 1.10. The van der Waals surface area contributed by atoms with Gasteiger partial charge in [-0.3, -0.25) is 0 Å². The van der Waals surface area contributed by atoms with Gasteiger partial charge in [-0.05, 0) is 6.92 Å². The van der Waals surface area contributed by atoms with Crippen LogP contribution in [0.15, 0.2) is 0 Å². The minimum Gasteiger partial charge on any atom is -0.668 e. The first kappa shape index (κ1) is 11.9. The second kappa shape index (κ2) is 4.98. The van der Waals surface area contributed by atoms with Crippen molar-refractivity contribution >= 4 is 5.78 Å². The molecule has 0 saturated heterocycles. The molecular formula is C6H12FeNO-. The molecule has 1 N–H and O–H groups in total. The molecule has 3 heteroatoms. The number of Topliss-reactive ketones (excluding diaryl/α,β-unsaturated/α-hetero) is 1. The van der Waals surface area contributed by atoms with Gasteiger partial charge in [0.15, 0.2) is 0 Å². The molecular weight excluding hydrogens is 158 g/mol. The summed E-state index contributed by atoms with van der Waals surface area (Å²) in [5.41, 5.74) is 7.13. The van der Waals surface area contributed by atoms with Crippen molar-refractivity contribution in [3.63, 3.8) is 0 Å². The van der Waals surface area contributed by atoms with Gasteiger partial charge in [0.25, 0.3) is 0 Å². The van der Waals surface area contributed by atoms with Gasteiger partial charge in [-0.1, -0.05) is 25.8 Å². The van der Waals surface area contributed by atoms with Gasteiger partial charge in [0.2, 0.25) is 0 Å². The predicted molar refractivity (Wildman–Crippen MR) is 33.6 cm³/mol. The van der Waals surface area contributed by atoms with Gasteiger partial charge in [-0.15, -0.1) is 0 Å². The predicted octanol–water partition coefficient (Wildman–Crippen LogP) is 1.65. The van der Waals surface area contributed by atoms with E-state index in [1.807, 2.05) is 13.8 Å². The third kappa shape index (κ3) is 4.64. The zero-order valence-electron chi connectivity index (χ0n) is 5.92. The maximum absolute atomic E-state index is 10.4. The number of ketones is 1. The van der Waals surface area contributed by atoms with Crippen molar-refractivity contribution in [1.29, 1.82) is 0 Å². The molecule has 0 aromatic carbocycles. The van der Waals surface area contributed by atoms with Crippen molar-refractivity contribution in [1.82, 2.24) is 0 Å². The smallest absolute Gasteiger partial charge is 0.112 e. The van der Waals surface area contributed by atoms with Gasteiger partial charge >= 0.3 is 0 Å². The van der Waals surface area contributed by atoms with E-state index in [4.69, 9.17) is 5.73 Å². The standard InChI is InChI=1S/C6H12NO.Fe/c1-4(2)6(7)5(3)8;/h4,6-7H,1-3H3;/q-1;. The topological polar surface area (TPSA) is 40.9 Å². The van der Waals surface area contributed by atoms with E-state index in [2.05, 4.69) is 0 Å². The molecule has 0 aliphatic heterocycles. The van der Waals surface area contributed by atoms with Gasteiger partial charge in [0, 0.05) is 17.1 Å². The Kier molecular flexibility index (Phi) is 6.57. The van der Waals surface area contributed by atoms with Crippen LogP contribution in [-0.2, 0) is 21.9 Å². The fourth-order valence-electron chi connectivity index (χ4n) is 0.469. The van der Waals surface area contributed by atoms with E-state index in [1.54, 1.807) is 0 Å². The van der Waals surface area contributed by atoms with Crippen molar-refractivity contribution in [3.05, 3.63) is 5.73 Å². The van der Waals surface area contributed by atoms with Crippen molar-refractivity contribution in [2.24, 2.45) is 5.92 Å². The molecule has 0 rings (SSSR count). The van der Waals surface area contributed by atoms with E-state index in [9.17, 15) is 4.79 Å². The van der Waals surface area contributed by atoms with E-state index in [0.717, 1.165) is 0 Å². The summed E-state index contributed by atoms with van der Waals surface area (Å²) in [7, 11) is 0. The zero-order chi connectivity index (χ0) is 6.73. The summed E-state index contributed by atoms with van der Waals surface area (Å²) < 4.78 is 0. The Labute approximate surface area is 66.7 Å². The maximum Gasteiger partial charge on any atom is 0.112 e. The molecule has 0 aliphatic carbocycles. The van der Waals surface area contributed by atoms with Crippen molar-refractivity contribution in [3.8, 4) is 0 Å².